The van der Waals surface area contributed by atoms with E-state index in [0.29, 0.717) is 18.0 Å². The van der Waals surface area contributed by atoms with Crippen LogP contribution in [-0.2, 0) is 0 Å². The largest absolute Gasteiger partial charge is 0.487 e. The summed E-state index contributed by atoms with van der Waals surface area (Å²) in [6, 6.07) is 4.98. The Morgan fingerprint density at radius 1 is 1.53 bits per heavy atom. The highest BCUT2D eigenvalue weighted by Crippen LogP contribution is 2.34. The summed E-state index contributed by atoms with van der Waals surface area (Å²) in [4.78, 5) is 10.4. The summed E-state index contributed by atoms with van der Waals surface area (Å²) in [6.07, 6.45) is 0.820. The van der Waals surface area contributed by atoms with Gasteiger partial charge in [0.05, 0.1) is 11.5 Å². The Labute approximate surface area is 88.2 Å². The summed E-state index contributed by atoms with van der Waals surface area (Å²) in [7, 11) is 1.64. The van der Waals surface area contributed by atoms with Crippen LogP contribution < -0.4 is 10.1 Å². The summed E-state index contributed by atoms with van der Waals surface area (Å²) in [6.45, 7) is 2.43. The van der Waals surface area contributed by atoms with Crippen molar-refractivity contribution in [2.24, 2.45) is 0 Å². The van der Waals surface area contributed by atoms with Crippen molar-refractivity contribution in [1.82, 2.24) is 0 Å². The number of para-hydroxylation sites is 1. The van der Waals surface area contributed by atoms with E-state index in [1.165, 1.54) is 0 Å². The maximum Gasteiger partial charge on any atom is 0.333 e. The molecule has 0 amide bonds. The fourth-order valence-electron chi connectivity index (χ4n) is 1.24. The Kier molecular flexibility index (Phi) is 3.91. The molecular formula is C10H14N2O3. The van der Waals surface area contributed by atoms with Gasteiger partial charge in [-0.05, 0) is 18.6 Å². The molecule has 1 rings (SSSR count). The van der Waals surface area contributed by atoms with Gasteiger partial charge in [-0.3, -0.25) is 10.1 Å². The molecule has 5 heteroatoms. The Morgan fingerprint density at radius 2 is 2.27 bits per heavy atom. The van der Waals surface area contributed by atoms with Crippen LogP contribution in [0.15, 0.2) is 18.2 Å². The van der Waals surface area contributed by atoms with Crippen molar-refractivity contribution in [3.63, 3.8) is 0 Å². The molecule has 0 radical (unpaired) electrons. The molecule has 0 spiro atoms. The van der Waals surface area contributed by atoms with Crippen molar-refractivity contribution < 1.29 is 9.66 Å². The molecule has 0 fully saturated rings. The van der Waals surface area contributed by atoms with E-state index in [1.807, 2.05) is 6.92 Å². The van der Waals surface area contributed by atoms with Crippen LogP contribution in [0.2, 0.25) is 0 Å². The molecule has 82 valence electrons. The number of ether oxygens (including phenoxy) is 1. The number of hydrogen-bond acceptors (Lipinski definition) is 4. The monoisotopic (exact) mass is 210 g/mol. The average molecular weight is 210 g/mol. The Morgan fingerprint density at radius 3 is 2.80 bits per heavy atom. The van der Waals surface area contributed by atoms with Gasteiger partial charge in [0.15, 0.2) is 5.75 Å². The second kappa shape index (κ2) is 5.19. The van der Waals surface area contributed by atoms with Crippen LogP contribution in [0.1, 0.15) is 13.3 Å². The first-order valence-corrected chi connectivity index (χ1v) is 4.78. The molecule has 0 aliphatic heterocycles. The van der Waals surface area contributed by atoms with Crippen LogP contribution in [0.25, 0.3) is 0 Å². The van der Waals surface area contributed by atoms with Gasteiger partial charge in [-0.25, -0.2) is 0 Å². The molecule has 0 aliphatic rings. The van der Waals surface area contributed by atoms with Crippen LogP contribution in [0.5, 0.6) is 5.75 Å². The Hall–Kier alpha value is -1.78. The lowest BCUT2D eigenvalue weighted by molar-refractivity contribution is -0.384. The van der Waals surface area contributed by atoms with E-state index in [1.54, 1.807) is 25.2 Å². The van der Waals surface area contributed by atoms with Gasteiger partial charge in [0.25, 0.3) is 0 Å². The zero-order valence-electron chi connectivity index (χ0n) is 8.82. The summed E-state index contributed by atoms with van der Waals surface area (Å²) >= 11 is 0. The van der Waals surface area contributed by atoms with Crippen molar-refractivity contribution in [3.8, 4) is 5.75 Å². The maximum atomic E-state index is 10.9. The normalized spacial score (nSPS) is 9.73. The summed E-state index contributed by atoms with van der Waals surface area (Å²) in [5, 5.41) is 13.6. The summed E-state index contributed by atoms with van der Waals surface area (Å²) in [5.74, 6) is 0.314. The number of anilines is 1. The van der Waals surface area contributed by atoms with E-state index in [9.17, 15) is 10.1 Å². The molecular weight excluding hydrogens is 196 g/mol. The van der Waals surface area contributed by atoms with E-state index in [0.717, 1.165) is 6.42 Å². The van der Waals surface area contributed by atoms with Gasteiger partial charge >= 0.3 is 5.69 Å². The molecule has 0 bridgehead atoms. The molecule has 0 heterocycles. The molecule has 1 N–H and O–H groups in total. The molecule has 5 nitrogen and oxygen atoms in total. The molecule has 15 heavy (non-hydrogen) atoms. The lowest BCUT2D eigenvalue weighted by Crippen LogP contribution is -2.02. The highest BCUT2D eigenvalue weighted by molar-refractivity contribution is 5.68. The van der Waals surface area contributed by atoms with Crippen LogP contribution in [0.4, 0.5) is 11.4 Å². The van der Waals surface area contributed by atoms with E-state index >= 15 is 0 Å². The number of nitrogens with zero attached hydrogens (tertiary/aromatic N) is 1. The predicted octanol–water partition coefficient (Wildman–Crippen LogP) is 2.43. The topological polar surface area (TPSA) is 64.4 Å². The smallest absolute Gasteiger partial charge is 0.333 e. The minimum Gasteiger partial charge on any atom is -0.487 e. The number of hydrogen-bond donors (Lipinski definition) is 1. The number of nitrogens with one attached hydrogen (secondary N) is 1. The first kappa shape index (κ1) is 11.3. The Balaban J connectivity index is 3.07. The minimum atomic E-state index is -0.434. The van der Waals surface area contributed by atoms with E-state index in [-0.39, 0.29) is 5.69 Å². The second-order valence-electron chi connectivity index (χ2n) is 3.01. The molecule has 0 aromatic heterocycles. The van der Waals surface area contributed by atoms with E-state index in [2.05, 4.69) is 5.32 Å². The first-order valence-electron chi connectivity index (χ1n) is 4.78. The van der Waals surface area contributed by atoms with E-state index < -0.39 is 4.92 Å². The van der Waals surface area contributed by atoms with Crippen molar-refractivity contribution >= 4 is 11.4 Å². The Bertz CT molecular complexity index is 353. The third-order valence-corrected chi connectivity index (χ3v) is 1.91. The maximum absolute atomic E-state index is 10.9. The van der Waals surface area contributed by atoms with Gasteiger partial charge in [0, 0.05) is 7.05 Å². The highest BCUT2D eigenvalue weighted by Gasteiger charge is 2.19. The number of rotatable bonds is 5. The summed E-state index contributed by atoms with van der Waals surface area (Å²) < 4.78 is 5.31. The van der Waals surface area contributed by atoms with Crippen molar-refractivity contribution in [2.45, 2.75) is 13.3 Å². The minimum absolute atomic E-state index is 0.00606. The number of nitro benzene ring substituents is 1. The number of nitro groups is 1. The zero-order chi connectivity index (χ0) is 11.3. The predicted molar refractivity (Wildman–Crippen MR) is 58.4 cm³/mol. The third-order valence-electron chi connectivity index (χ3n) is 1.91. The molecule has 0 unspecified atom stereocenters. The van der Waals surface area contributed by atoms with Crippen LogP contribution >= 0.6 is 0 Å². The number of benzene rings is 1. The first-order chi connectivity index (χ1) is 7.20. The molecule has 0 saturated heterocycles. The van der Waals surface area contributed by atoms with Crippen LogP contribution in [0, 0.1) is 10.1 Å². The van der Waals surface area contributed by atoms with E-state index in [4.69, 9.17) is 4.74 Å². The van der Waals surface area contributed by atoms with Crippen molar-refractivity contribution in [1.29, 1.82) is 0 Å². The van der Waals surface area contributed by atoms with Crippen molar-refractivity contribution in [3.05, 3.63) is 28.3 Å². The van der Waals surface area contributed by atoms with Crippen LogP contribution in [0.3, 0.4) is 0 Å². The second-order valence-corrected chi connectivity index (χ2v) is 3.01. The summed E-state index contributed by atoms with van der Waals surface area (Å²) in [5.41, 5.74) is 0.460. The molecule has 0 saturated carbocycles. The SMILES string of the molecule is CCCOc1cccc(NC)c1[N+](=O)[O-]. The van der Waals surface area contributed by atoms with Gasteiger partial charge < -0.3 is 10.1 Å². The van der Waals surface area contributed by atoms with Gasteiger partial charge in [-0.2, -0.15) is 0 Å². The lowest BCUT2D eigenvalue weighted by atomic mass is 10.2. The fourth-order valence-corrected chi connectivity index (χ4v) is 1.24. The van der Waals surface area contributed by atoms with Gasteiger partial charge in [-0.1, -0.05) is 13.0 Å². The fraction of sp³-hybridized carbons (Fsp3) is 0.400. The zero-order valence-corrected chi connectivity index (χ0v) is 8.82. The third kappa shape index (κ3) is 2.59. The standard InChI is InChI=1S/C10H14N2O3/c1-3-7-15-9-6-4-5-8(11-2)10(9)12(13)14/h4-6,11H,3,7H2,1-2H3. The van der Waals surface area contributed by atoms with Gasteiger partial charge in [-0.15, -0.1) is 0 Å². The molecule has 0 aliphatic carbocycles. The highest BCUT2D eigenvalue weighted by atomic mass is 16.6. The molecule has 1 aromatic rings. The lowest BCUT2D eigenvalue weighted by Gasteiger charge is -2.08. The quantitative estimate of drug-likeness (QED) is 0.598. The average Bonchev–Trinajstić information content (AvgIpc) is 2.25. The van der Waals surface area contributed by atoms with Crippen molar-refractivity contribution in [2.75, 3.05) is 19.0 Å². The molecule has 1 aromatic carbocycles. The van der Waals surface area contributed by atoms with Gasteiger partial charge in [0.2, 0.25) is 0 Å². The van der Waals surface area contributed by atoms with Gasteiger partial charge in [0.1, 0.15) is 5.69 Å². The van der Waals surface area contributed by atoms with Crippen LogP contribution in [-0.4, -0.2) is 18.6 Å². The molecule has 0 atom stereocenters.